The molecule has 8 heteroatoms. The van der Waals surface area contributed by atoms with Crippen molar-refractivity contribution >= 4 is 49.4 Å². The Kier molecular flexibility index (Phi) is 7.22. The predicted molar refractivity (Wildman–Crippen MR) is 116 cm³/mol. The number of hydrogen-bond acceptors (Lipinski definition) is 5. The number of thiazole rings is 1. The fourth-order valence-electron chi connectivity index (χ4n) is 2.66. The number of hydrogen-bond donors (Lipinski definition) is 0. The molecule has 0 radical (unpaired) electrons. The maximum Gasteiger partial charge on any atom is 0.325 e. The van der Waals surface area contributed by atoms with Gasteiger partial charge in [0.15, 0.2) is 4.80 Å². The molecule has 0 aliphatic rings. The molecule has 1 aromatic heterocycles. The Morgan fingerprint density at radius 1 is 1.17 bits per heavy atom. The molecule has 0 saturated carbocycles. The SMILES string of the molecule is CCCCOc1ccc(C(=O)N=c2sc3cc(Br)ccc3n2CC(=O)OC)cc1. The van der Waals surface area contributed by atoms with Gasteiger partial charge in [-0.25, -0.2) is 0 Å². The van der Waals surface area contributed by atoms with E-state index < -0.39 is 5.97 Å². The third-order valence-corrected chi connectivity index (χ3v) is 5.76. The van der Waals surface area contributed by atoms with Gasteiger partial charge in [-0.1, -0.05) is 40.6 Å². The van der Waals surface area contributed by atoms with Gasteiger partial charge in [-0.3, -0.25) is 9.59 Å². The van der Waals surface area contributed by atoms with Crippen molar-refractivity contribution in [2.75, 3.05) is 13.7 Å². The third-order valence-electron chi connectivity index (χ3n) is 4.22. The van der Waals surface area contributed by atoms with Crippen molar-refractivity contribution < 1.29 is 19.1 Å². The number of fused-ring (bicyclic) bond motifs is 1. The van der Waals surface area contributed by atoms with Gasteiger partial charge in [0.25, 0.3) is 5.91 Å². The minimum atomic E-state index is -0.407. The Balaban J connectivity index is 1.93. The van der Waals surface area contributed by atoms with Gasteiger partial charge < -0.3 is 14.0 Å². The lowest BCUT2D eigenvalue weighted by atomic mass is 10.2. The maximum absolute atomic E-state index is 12.7. The van der Waals surface area contributed by atoms with E-state index in [0.29, 0.717) is 17.0 Å². The summed E-state index contributed by atoms with van der Waals surface area (Å²) in [4.78, 5) is 29.3. The largest absolute Gasteiger partial charge is 0.494 e. The summed E-state index contributed by atoms with van der Waals surface area (Å²) in [6, 6.07) is 12.6. The first-order valence-corrected chi connectivity index (χ1v) is 10.8. The topological polar surface area (TPSA) is 69.9 Å². The molecule has 3 rings (SSSR count). The quantitative estimate of drug-likeness (QED) is 0.370. The zero-order valence-electron chi connectivity index (χ0n) is 16.2. The van der Waals surface area contributed by atoms with Crippen LogP contribution < -0.4 is 9.54 Å². The van der Waals surface area contributed by atoms with E-state index in [-0.39, 0.29) is 12.5 Å². The molecule has 0 atom stereocenters. The van der Waals surface area contributed by atoms with Gasteiger partial charge in [0.2, 0.25) is 0 Å². The number of aromatic nitrogens is 1. The second-order valence-corrected chi connectivity index (χ2v) is 8.23. The monoisotopic (exact) mass is 476 g/mol. The zero-order chi connectivity index (χ0) is 20.8. The Morgan fingerprint density at radius 2 is 1.93 bits per heavy atom. The number of carbonyl (C=O) groups is 2. The van der Waals surface area contributed by atoms with Crippen molar-refractivity contribution in [3.63, 3.8) is 0 Å². The average Bonchev–Trinajstić information content (AvgIpc) is 3.04. The molecule has 0 saturated heterocycles. The van der Waals surface area contributed by atoms with Crippen molar-refractivity contribution in [3.8, 4) is 5.75 Å². The van der Waals surface area contributed by atoms with Crippen LogP contribution in [0.4, 0.5) is 0 Å². The molecule has 0 bridgehead atoms. The highest BCUT2D eigenvalue weighted by molar-refractivity contribution is 9.10. The molecule has 1 amide bonds. The number of esters is 1. The van der Waals surface area contributed by atoms with Crippen LogP contribution in [-0.2, 0) is 16.1 Å². The fourth-order valence-corrected chi connectivity index (χ4v) is 4.24. The van der Waals surface area contributed by atoms with Gasteiger partial charge in [0.1, 0.15) is 12.3 Å². The Labute approximate surface area is 180 Å². The molecule has 0 N–H and O–H groups in total. The highest BCUT2D eigenvalue weighted by Gasteiger charge is 2.13. The van der Waals surface area contributed by atoms with Crippen LogP contribution in [0.5, 0.6) is 5.75 Å². The number of carbonyl (C=O) groups excluding carboxylic acids is 2. The van der Waals surface area contributed by atoms with Gasteiger partial charge in [0, 0.05) is 10.0 Å². The van der Waals surface area contributed by atoms with E-state index in [4.69, 9.17) is 9.47 Å². The lowest BCUT2D eigenvalue weighted by Crippen LogP contribution is -2.22. The van der Waals surface area contributed by atoms with Gasteiger partial charge in [-0.15, -0.1) is 0 Å². The molecule has 0 spiro atoms. The number of unbranched alkanes of at least 4 members (excludes halogenated alkanes) is 1. The summed E-state index contributed by atoms with van der Waals surface area (Å²) in [6.45, 7) is 2.74. The molecule has 0 fully saturated rings. The highest BCUT2D eigenvalue weighted by Crippen LogP contribution is 2.22. The number of halogens is 1. The number of amides is 1. The van der Waals surface area contributed by atoms with E-state index in [1.165, 1.54) is 18.4 Å². The van der Waals surface area contributed by atoms with Gasteiger partial charge in [-0.2, -0.15) is 4.99 Å². The number of methoxy groups -OCH3 is 1. The van der Waals surface area contributed by atoms with E-state index in [1.54, 1.807) is 28.8 Å². The molecule has 3 aromatic rings. The summed E-state index contributed by atoms with van der Waals surface area (Å²) in [6.07, 6.45) is 2.05. The van der Waals surface area contributed by atoms with Crippen LogP contribution in [0.1, 0.15) is 30.1 Å². The molecule has 0 unspecified atom stereocenters. The molecule has 6 nitrogen and oxygen atoms in total. The standard InChI is InChI=1S/C21H21BrN2O4S/c1-3-4-11-28-16-8-5-14(6-9-16)20(26)23-21-24(13-19(25)27-2)17-10-7-15(22)12-18(17)29-21/h5-10,12H,3-4,11,13H2,1-2H3. The maximum atomic E-state index is 12.7. The molecule has 0 aliphatic heterocycles. The minimum Gasteiger partial charge on any atom is -0.494 e. The Morgan fingerprint density at radius 3 is 2.62 bits per heavy atom. The molecule has 152 valence electrons. The minimum absolute atomic E-state index is 0.0194. The molecule has 2 aromatic carbocycles. The summed E-state index contributed by atoms with van der Waals surface area (Å²) >= 11 is 4.79. The lowest BCUT2D eigenvalue weighted by Gasteiger charge is -2.05. The average molecular weight is 477 g/mol. The molecular formula is C21H21BrN2O4S. The van der Waals surface area contributed by atoms with E-state index in [2.05, 4.69) is 27.8 Å². The van der Waals surface area contributed by atoms with Crippen molar-refractivity contribution in [1.29, 1.82) is 0 Å². The van der Waals surface area contributed by atoms with Crippen molar-refractivity contribution in [2.24, 2.45) is 4.99 Å². The molecule has 1 heterocycles. The van der Waals surface area contributed by atoms with Crippen molar-refractivity contribution in [2.45, 2.75) is 26.3 Å². The summed E-state index contributed by atoms with van der Waals surface area (Å²) in [5.41, 5.74) is 1.27. The normalized spacial score (nSPS) is 11.6. The van der Waals surface area contributed by atoms with Gasteiger partial charge in [-0.05, 0) is 48.9 Å². The first-order valence-electron chi connectivity index (χ1n) is 9.19. The van der Waals surface area contributed by atoms with Crippen LogP contribution in [0.3, 0.4) is 0 Å². The molecule has 0 aliphatic carbocycles. The molecular weight excluding hydrogens is 456 g/mol. The first-order chi connectivity index (χ1) is 14.0. The highest BCUT2D eigenvalue weighted by atomic mass is 79.9. The van der Waals surface area contributed by atoms with E-state index in [1.807, 2.05) is 18.2 Å². The van der Waals surface area contributed by atoms with E-state index in [0.717, 1.165) is 33.3 Å². The number of benzene rings is 2. The summed E-state index contributed by atoms with van der Waals surface area (Å²) < 4.78 is 13.9. The van der Waals surface area contributed by atoms with Crippen LogP contribution >= 0.6 is 27.3 Å². The molecule has 29 heavy (non-hydrogen) atoms. The summed E-state index contributed by atoms with van der Waals surface area (Å²) in [7, 11) is 1.33. The second kappa shape index (κ2) is 9.84. The van der Waals surface area contributed by atoms with Crippen LogP contribution in [0.2, 0.25) is 0 Å². The van der Waals surface area contributed by atoms with Crippen LogP contribution in [0, 0.1) is 0 Å². The van der Waals surface area contributed by atoms with Gasteiger partial charge >= 0.3 is 5.97 Å². The smallest absolute Gasteiger partial charge is 0.325 e. The van der Waals surface area contributed by atoms with E-state index in [9.17, 15) is 9.59 Å². The lowest BCUT2D eigenvalue weighted by molar-refractivity contribution is -0.141. The summed E-state index contributed by atoms with van der Waals surface area (Å²) in [5.74, 6) is -0.0630. The van der Waals surface area contributed by atoms with Crippen molar-refractivity contribution in [3.05, 3.63) is 57.3 Å². The van der Waals surface area contributed by atoms with Crippen molar-refractivity contribution in [1.82, 2.24) is 4.57 Å². The Hall–Kier alpha value is -2.45. The zero-order valence-corrected chi connectivity index (χ0v) is 18.6. The van der Waals surface area contributed by atoms with Gasteiger partial charge in [0.05, 0.1) is 23.9 Å². The fraction of sp³-hybridized carbons (Fsp3) is 0.286. The third kappa shape index (κ3) is 5.33. The van der Waals surface area contributed by atoms with Crippen LogP contribution in [0.25, 0.3) is 10.2 Å². The summed E-state index contributed by atoms with van der Waals surface area (Å²) in [5, 5.41) is 0. The van der Waals surface area contributed by atoms with Crippen LogP contribution in [0.15, 0.2) is 51.9 Å². The first kappa shape index (κ1) is 21.3. The van der Waals surface area contributed by atoms with Crippen LogP contribution in [-0.4, -0.2) is 30.2 Å². The number of nitrogens with zero attached hydrogens (tertiary/aromatic N) is 2. The number of rotatable bonds is 7. The van der Waals surface area contributed by atoms with E-state index >= 15 is 0 Å². The predicted octanol–water partition coefficient (Wildman–Crippen LogP) is 4.56. The Bertz CT molecular complexity index is 1090. The second-order valence-electron chi connectivity index (χ2n) is 6.30. The number of ether oxygens (including phenoxy) is 2.